The average molecular weight is 280 g/mol. The van der Waals surface area contributed by atoms with Gasteiger partial charge in [-0.3, -0.25) is 9.59 Å². The second-order valence-electron chi connectivity index (χ2n) is 4.56. The Hall–Kier alpha value is -1.69. The van der Waals surface area contributed by atoms with Gasteiger partial charge in [0.25, 0.3) is 0 Å². The van der Waals surface area contributed by atoms with Crippen LogP contribution in [0, 0.1) is 18.8 Å². The van der Waals surface area contributed by atoms with Crippen molar-refractivity contribution in [3.05, 3.63) is 28.2 Å². The highest BCUT2D eigenvalue weighted by atomic mass is 32.1. The summed E-state index contributed by atoms with van der Waals surface area (Å²) in [4.78, 5) is 28.3. The molecule has 0 bridgehead atoms. The molecule has 1 aromatic rings. The fraction of sp³-hybridized carbons (Fsp3) is 0.462. The van der Waals surface area contributed by atoms with Gasteiger partial charge < -0.3 is 10.4 Å². The van der Waals surface area contributed by atoms with Crippen molar-refractivity contribution >= 4 is 23.2 Å². The number of rotatable bonds is 4. The normalized spacial score (nSPS) is 22.2. The standard InChI is InChI=1S/C13H16N2O3S/c1-8-14-6-9(19-8)7-15-12(16)10-4-2-3-5-11(10)13(17)18/h2-3,6,10-11H,4-5,7H2,1H3,(H,15,16)(H,17,18)/t10-,11+/m1/s1. The minimum Gasteiger partial charge on any atom is -0.481 e. The number of aliphatic carboxylic acids is 1. The van der Waals surface area contributed by atoms with E-state index < -0.39 is 17.8 Å². The maximum absolute atomic E-state index is 12.1. The van der Waals surface area contributed by atoms with E-state index >= 15 is 0 Å². The Bertz CT molecular complexity index is 510. The minimum absolute atomic E-state index is 0.192. The number of carboxylic acid groups (broad SMARTS) is 1. The molecular weight excluding hydrogens is 264 g/mol. The summed E-state index contributed by atoms with van der Waals surface area (Å²) in [6.45, 7) is 2.32. The summed E-state index contributed by atoms with van der Waals surface area (Å²) in [5, 5.41) is 12.9. The molecule has 0 unspecified atom stereocenters. The van der Waals surface area contributed by atoms with Crippen molar-refractivity contribution in [2.24, 2.45) is 11.8 Å². The molecule has 1 aliphatic rings. The first-order valence-electron chi connectivity index (χ1n) is 6.14. The Kier molecular flexibility index (Phi) is 4.31. The van der Waals surface area contributed by atoms with Gasteiger partial charge in [-0.15, -0.1) is 11.3 Å². The number of aromatic nitrogens is 1. The third-order valence-electron chi connectivity index (χ3n) is 3.19. The molecule has 0 radical (unpaired) electrons. The van der Waals surface area contributed by atoms with Crippen molar-refractivity contribution in [3.63, 3.8) is 0 Å². The molecule has 0 spiro atoms. The highest BCUT2D eigenvalue weighted by Crippen LogP contribution is 2.26. The number of carbonyl (C=O) groups is 2. The molecule has 0 fully saturated rings. The van der Waals surface area contributed by atoms with Gasteiger partial charge in [-0.25, -0.2) is 4.98 Å². The number of hydrogen-bond donors (Lipinski definition) is 2. The highest BCUT2D eigenvalue weighted by molar-refractivity contribution is 7.11. The molecule has 1 aromatic heterocycles. The van der Waals surface area contributed by atoms with Gasteiger partial charge in [0.2, 0.25) is 5.91 Å². The molecule has 0 aliphatic heterocycles. The lowest BCUT2D eigenvalue weighted by atomic mass is 9.82. The predicted octanol–water partition coefficient (Wildman–Crippen LogP) is 1.73. The molecule has 0 saturated heterocycles. The first kappa shape index (κ1) is 13.7. The van der Waals surface area contributed by atoms with E-state index in [0.29, 0.717) is 19.4 Å². The van der Waals surface area contributed by atoms with E-state index in [1.54, 1.807) is 6.20 Å². The molecular formula is C13H16N2O3S. The maximum atomic E-state index is 12.1. The van der Waals surface area contributed by atoms with Gasteiger partial charge in [-0.1, -0.05) is 12.2 Å². The van der Waals surface area contributed by atoms with Crippen LogP contribution < -0.4 is 5.32 Å². The molecule has 1 amide bonds. The van der Waals surface area contributed by atoms with Crippen molar-refractivity contribution in [1.82, 2.24) is 10.3 Å². The Labute approximate surface area is 115 Å². The topological polar surface area (TPSA) is 79.3 Å². The minimum atomic E-state index is -0.905. The lowest BCUT2D eigenvalue weighted by Crippen LogP contribution is -2.38. The summed E-state index contributed by atoms with van der Waals surface area (Å²) in [6.07, 6.45) is 6.35. The second-order valence-corrected chi connectivity index (χ2v) is 5.88. The number of carbonyl (C=O) groups excluding carboxylic acids is 1. The van der Waals surface area contributed by atoms with Crippen molar-refractivity contribution in [3.8, 4) is 0 Å². The van der Waals surface area contributed by atoms with Gasteiger partial charge in [-0.05, 0) is 19.8 Å². The number of thiazole rings is 1. The summed E-state index contributed by atoms with van der Waals surface area (Å²) in [5.41, 5.74) is 0. The average Bonchev–Trinajstić information content (AvgIpc) is 2.81. The number of carboxylic acids is 1. The van der Waals surface area contributed by atoms with E-state index in [2.05, 4.69) is 10.3 Å². The van der Waals surface area contributed by atoms with E-state index in [1.807, 2.05) is 19.1 Å². The van der Waals surface area contributed by atoms with Crippen LogP contribution in [0.3, 0.4) is 0 Å². The number of allylic oxidation sites excluding steroid dienone is 2. The van der Waals surface area contributed by atoms with Gasteiger partial charge >= 0.3 is 5.97 Å². The first-order chi connectivity index (χ1) is 9.08. The van der Waals surface area contributed by atoms with E-state index in [-0.39, 0.29) is 5.91 Å². The van der Waals surface area contributed by atoms with Crippen LogP contribution in [0.5, 0.6) is 0 Å². The molecule has 5 nitrogen and oxygen atoms in total. The summed E-state index contributed by atoms with van der Waals surface area (Å²) >= 11 is 1.53. The van der Waals surface area contributed by atoms with E-state index in [4.69, 9.17) is 5.11 Å². The number of nitrogens with one attached hydrogen (secondary N) is 1. The third-order valence-corrected chi connectivity index (χ3v) is 4.11. The summed E-state index contributed by atoms with van der Waals surface area (Å²) in [7, 11) is 0. The van der Waals surface area contributed by atoms with E-state index in [1.165, 1.54) is 11.3 Å². The van der Waals surface area contributed by atoms with Crippen molar-refractivity contribution in [1.29, 1.82) is 0 Å². The Morgan fingerprint density at radius 2 is 2.11 bits per heavy atom. The number of amides is 1. The van der Waals surface area contributed by atoms with E-state index in [9.17, 15) is 9.59 Å². The van der Waals surface area contributed by atoms with Crippen LogP contribution in [0.15, 0.2) is 18.3 Å². The quantitative estimate of drug-likeness (QED) is 0.823. The Morgan fingerprint density at radius 1 is 1.42 bits per heavy atom. The number of hydrogen-bond acceptors (Lipinski definition) is 4. The van der Waals surface area contributed by atoms with Crippen molar-refractivity contribution in [2.75, 3.05) is 0 Å². The maximum Gasteiger partial charge on any atom is 0.307 e. The van der Waals surface area contributed by atoms with Crippen LogP contribution in [0.25, 0.3) is 0 Å². The predicted molar refractivity (Wildman–Crippen MR) is 71.7 cm³/mol. The van der Waals surface area contributed by atoms with Crippen LogP contribution in [-0.2, 0) is 16.1 Å². The van der Waals surface area contributed by atoms with Gasteiger partial charge in [0, 0.05) is 11.1 Å². The number of aryl methyl sites for hydroxylation is 1. The SMILES string of the molecule is Cc1ncc(CNC(=O)[C@@H]2CC=CC[C@@H]2C(=O)O)s1. The fourth-order valence-electron chi connectivity index (χ4n) is 2.17. The summed E-state index contributed by atoms with van der Waals surface area (Å²) in [5.74, 6) is -2.19. The first-order valence-corrected chi connectivity index (χ1v) is 6.96. The molecule has 0 aromatic carbocycles. The van der Waals surface area contributed by atoms with Gasteiger partial charge in [0.1, 0.15) is 0 Å². The lowest BCUT2D eigenvalue weighted by Gasteiger charge is -2.24. The monoisotopic (exact) mass is 280 g/mol. The smallest absolute Gasteiger partial charge is 0.307 e. The summed E-state index contributed by atoms with van der Waals surface area (Å²) < 4.78 is 0. The van der Waals surface area contributed by atoms with Crippen molar-refractivity contribution < 1.29 is 14.7 Å². The van der Waals surface area contributed by atoms with Crippen LogP contribution >= 0.6 is 11.3 Å². The zero-order valence-electron chi connectivity index (χ0n) is 10.6. The largest absolute Gasteiger partial charge is 0.481 e. The molecule has 102 valence electrons. The van der Waals surface area contributed by atoms with Crippen molar-refractivity contribution in [2.45, 2.75) is 26.3 Å². The second kappa shape index (κ2) is 5.97. The Balaban J connectivity index is 1.95. The molecule has 2 N–H and O–H groups in total. The van der Waals surface area contributed by atoms with Crippen LogP contribution in [0.1, 0.15) is 22.7 Å². The number of nitrogens with zero attached hydrogens (tertiary/aromatic N) is 1. The fourth-order valence-corrected chi connectivity index (χ4v) is 2.90. The lowest BCUT2D eigenvalue weighted by molar-refractivity contribution is -0.147. The molecule has 0 saturated carbocycles. The van der Waals surface area contributed by atoms with Gasteiger partial charge in [0.15, 0.2) is 0 Å². The van der Waals surface area contributed by atoms with Gasteiger partial charge in [-0.2, -0.15) is 0 Å². The zero-order valence-corrected chi connectivity index (χ0v) is 11.4. The molecule has 2 rings (SSSR count). The molecule has 6 heteroatoms. The zero-order chi connectivity index (χ0) is 13.8. The Morgan fingerprint density at radius 3 is 2.68 bits per heavy atom. The van der Waals surface area contributed by atoms with E-state index in [0.717, 1.165) is 9.88 Å². The highest BCUT2D eigenvalue weighted by Gasteiger charge is 2.33. The molecule has 1 aliphatic carbocycles. The van der Waals surface area contributed by atoms with Crippen LogP contribution in [0.2, 0.25) is 0 Å². The van der Waals surface area contributed by atoms with Crippen LogP contribution in [0.4, 0.5) is 0 Å². The molecule has 19 heavy (non-hydrogen) atoms. The third kappa shape index (κ3) is 3.41. The molecule has 1 heterocycles. The van der Waals surface area contributed by atoms with Gasteiger partial charge in [0.05, 0.1) is 23.4 Å². The summed E-state index contributed by atoms with van der Waals surface area (Å²) in [6, 6.07) is 0. The van der Waals surface area contributed by atoms with Crippen LogP contribution in [-0.4, -0.2) is 22.0 Å². The molecule has 2 atom stereocenters.